The Kier molecular flexibility index (Phi) is 5.25. The van der Waals surface area contributed by atoms with Gasteiger partial charge in [0.2, 0.25) is 5.88 Å². The van der Waals surface area contributed by atoms with Gasteiger partial charge >= 0.3 is 0 Å². The summed E-state index contributed by atoms with van der Waals surface area (Å²) in [6, 6.07) is 5.51. The van der Waals surface area contributed by atoms with Crippen molar-refractivity contribution in [3.8, 4) is 5.88 Å². The number of piperidine rings is 1. The third kappa shape index (κ3) is 4.39. The van der Waals surface area contributed by atoms with Crippen LogP contribution in [-0.2, 0) is 5.41 Å². The molecular formula is C19H26N4O3. The van der Waals surface area contributed by atoms with Crippen LogP contribution in [0, 0.1) is 12.8 Å². The SMILES string of the molecule is Cc1cc(C(=O)N2CCC(COc3ccc(C(C)(C)C)nn3)CC2)no1. The van der Waals surface area contributed by atoms with Crippen molar-refractivity contribution < 1.29 is 14.1 Å². The van der Waals surface area contributed by atoms with Crippen molar-refractivity contribution >= 4 is 5.91 Å². The molecular weight excluding hydrogens is 332 g/mol. The number of likely N-dealkylation sites (tertiary alicyclic amines) is 1. The number of rotatable bonds is 4. The number of nitrogens with zero attached hydrogens (tertiary/aromatic N) is 4. The molecule has 0 N–H and O–H groups in total. The number of hydrogen-bond donors (Lipinski definition) is 0. The first-order valence-electron chi connectivity index (χ1n) is 9.02. The van der Waals surface area contributed by atoms with Crippen molar-refractivity contribution in [1.82, 2.24) is 20.3 Å². The molecule has 26 heavy (non-hydrogen) atoms. The van der Waals surface area contributed by atoms with Crippen molar-refractivity contribution in [2.45, 2.75) is 46.0 Å². The molecule has 0 radical (unpaired) electrons. The maximum Gasteiger partial charge on any atom is 0.276 e. The van der Waals surface area contributed by atoms with Crippen LogP contribution in [0.5, 0.6) is 5.88 Å². The lowest BCUT2D eigenvalue weighted by Crippen LogP contribution is -2.39. The Labute approximate surface area is 153 Å². The molecule has 0 spiro atoms. The van der Waals surface area contributed by atoms with Crippen LogP contribution in [0.3, 0.4) is 0 Å². The molecule has 0 bridgehead atoms. The van der Waals surface area contributed by atoms with E-state index in [4.69, 9.17) is 9.26 Å². The molecule has 0 aliphatic carbocycles. The summed E-state index contributed by atoms with van der Waals surface area (Å²) in [6.45, 7) is 10.1. The predicted molar refractivity (Wildman–Crippen MR) is 96.1 cm³/mol. The fraction of sp³-hybridized carbons (Fsp3) is 0.579. The average molecular weight is 358 g/mol. The number of amides is 1. The van der Waals surface area contributed by atoms with E-state index in [1.54, 1.807) is 13.0 Å². The Hall–Kier alpha value is -2.44. The van der Waals surface area contributed by atoms with Gasteiger partial charge in [0.15, 0.2) is 5.69 Å². The molecule has 1 amide bonds. The van der Waals surface area contributed by atoms with Gasteiger partial charge in [-0.25, -0.2) is 0 Å². The van der Waals surface area contributed by atoms with Crippen LogP contribution in [0.25, 0.3) is 0 Å². The summed E-state index contributed by atoms with van der Waals surface area (Å²) in [5, 5.41) is 12.2. The summed E-state index contributed by atoms with van der Waals surface area (Å²) < 4.78 is 10.8. The van der Waals surface area contributed by atoms with E-state index in [0.717, 1.165) is 18.5 Å². The molecule has 3 heterocycles. The molecule has 0 saturated carbocycles. The van der Waals surface area contributed by atoms with Gasteiger partial charge in [-0.3, -0.25) is 4.79 Å². The second-order valence-electron chi connectivity index (χ2n) is 7.88. The van der Waals surface area contributed by atoms with E-state index in [-0.39, 0.29) is 11.3 Å². The Morgan fingerprint density at radius 1 is 1.27 bits per heavy atom. The number of aromatic nitrogens is 3. The molecule has 1 fully saturated rings. The van der Waals surface area contributed by atoms with Gasteiger partial charge in [0.25, 0.3) is 5.91 Å². The summed E-state index contributed by atoms with van der Waals surface area (Å²) in [5.74, 6) is 1.54. The van der Waals surface area contributed by atoms with E-state index in [1.165, 1.54) is 0 Å². The summed E-state index contributed by atoms with van der Waals surface area (Å²) in [7, 11) is 0. The van der Waals surface area contributed by atoms with Crippen molar-refractivity contribution in [3.05, 3.63) is 35.3 Å². The van der Waals surface area contributed by atoms with E-state index in [9.17, 15) is 4.79 Å². The smallest absolute Gasteiger partial charge is 0.276 e. The fourth-order valence-corrected chi connectivity index (χ4v) is 2.93. The molecule has 1 aliphatic heterocycles. The average Bonchev–Trinajstić information content (AvgIpc) is 3.06. The van der Waals surface area contributed by atoms with Crippen molar-refractivity contribution in [3.63, 3.8) is 0 Å². The van der Waals surface area contributed by atoms with Crippen LogP contribution in [0.15, 0.2) is 22.7 Å². The normalized spacial score (nSPS) is 15.9. The van der Waals surface area contributed by atoms with Crippen molar-refractivity contribution in [1.29, 1.82) is 0 Å². The third-order valence-corrected chi connectivity index (χ3v) is 4.62. The zero-order chi connectivity index (χ0) is 18.7. The summed E-state index contributed by atoms with van der Waals surface area (Å²) in [5.41, 5.74) is 1.30. The lowest BCUT2D eigenvalue weighted by atomic mass is 9.92. The first kappa shape index (κ1) is 18.4. The summed E-state index contributed by atoms with van der Waals surface area (Å²) in [4.78, 5) is 14.2. The van der Waals surface area contributed by atoms with E-state index in [1.807, 2.05) is 17.0 Å². The highest BCUT2D eigenvalue weighted by Gasteiger charge is 2.26. The van der Waals surface area contributed by atoms with Crippen LogP contribution in [0.2, 0.25) is 0 Å². The Morgan fingerprint density at radius 3 is 2.54 bits per heavy atom. The van der Waals surface area contributed by atoms with Gasteiger partial charge in [0, 0.05) is 30.6 Å². The molecule has 140 valence electrons. The number of carbonyl (C=O) groups is 1. The Balaban J connectivity index is 1.46. The van der Waals surface area contributed by atoms with E-state index in [0.29, 0.717) is 42.9 Å². The highest BCUT2D eigenvalue weighted by Crippen LogP contribution is 2.22. The minimum atomic E-state index is -0.0649. The topological polar surface area (TPSA) is 81.4 Å². The van der Waals surface area contributed by atoms with Crippen LogP contribution < -0.4 is 4.74 Å². The Bertz CT molecular complexity index is 741. The van der Waals surface area contributed by atoms with Gasteiger partial charge in [-0.1, -0.05) is 25.9 Å². The molecule has 2 aromatic rings. The highest BCUT2D eigenvalue weighted by molar-refractivity contribution is 5.92. The summed E-state index contributed by atoms with van der Waals surface area (Å²) in [6.07, 6.45) is 1.80. The molecule has 0 aromatic carbocycles. The molecule has 0 unspecified atom stereocenters. The number of aryl methyl sites for hydroxylation is 1. The number of carbonyl (C=O) groups excluding carboxylic acids is 1. The van der Waals surface area contributed by atoms with E-state index in [2.05, 4.69) is 36.1 Å². The first-order chi connectivity index (χ1) is 12.3. The lowest BCUT2D eigenvalue weighted by Gasteiger charge is -2.31. The monoisotopic (exact) mass is 358 g/mol. The van der Waals surface area contributed by atoms with Crippen LogP contribution in [-0.4, -0.2) is 45.9 Å². The minimum absolute atomic E-state index is 0.0206. The van der Waals surface area contributed by atoms with Gasteiger partial charge in [-0.15, -0.1) is 5.10 Å². The molecule has 2 aromatic heterocycles. The van der Waals surface area contributed by atoms with Crippen molar-refractivity contribution in [2.75, 3.05) is 19.7 Å². The standard InChI is InChI=1S/C19H26N4O3/c1-13-11-15(22-26-13)18(24)23-9-7-14(8-10-23)12-25-17-6-5-16(20-21-17)19(2,3)4/h5-6,11,14H,7-10,12H2,1-4H3. The second kappa shape index (κ2) is 7.43. The number of ether oxygens (including phenoxy) is 1. The van der Waals surface area contributed by atoms with Crippen molar-refractivity contribution in [2.24, 2.45) is 5.92 Å². The van der Waals surface area contributed by atoms with Gasteiger partial charge in [-0.2, -0.15) is 5.10 Å². The van der Waals surface area contributed by atoms with Gasteiger partial charge in [0.05, 0.1) is 12.3 Å². The van der Waals surface area contributed by atoms with E-state index >= 15 is 0 Å². The van der Waals surface area contributed by atoms with Crippen LogP contribution in [0.1, 0.15) is 55.6 Å². The molecule has 1 aliphatic rings. The summed E-state index contributed by atoms with van der Waals surface area (Å²) >= 11 is 0. The highest BCUT2D eigenvalue weighted by atomic mass is 16.5. The van der Waals surface area contributed by atoms with Crippen LogP contribution >= 0.6 is 0 Å². The maximum atomic E-state index is 12.4. The first-order valence-corrected chi connectivity index (χ1v) is 9.02. The van der Waals surface area contributed by atoms with Gasteiger partial charge in [0.1, 0.15) is 5.76 Å². The maximum absolute atomic E-state index is 12.4. The quantitative estimate of drug-likeness (QED) is 0.836. The predicted octanol–water partition coefficient (Wildman–Crippen LogP) is 3.00. The molecule has 0 atom stereocenters. The zero-order valence-electron chi connectivity index (χ0n) is 15.9. The largest absolute Gasteiger partial charge is 0.476 e. The number of hydrogen-bond acceptors (Lipinski definition) is 6. The van der Waals surface area contributed by atoms with Crippen LogP contribution in [0.4, 0.5) is 0 Å². The third-order valence-electron chi connectivity index (χ3n) is 4.62. The Morgan fingerprint density at radius 2 is 2.00 bits per heavy atom. The molecule has 7 nitrogen and oxygen atoms in total. The minimum Gasteiger partial charge on any atom is -0.476 e. The zero-order valence-corrected chi connectivity index (χ0v) is 15.9. The van der Waals surface area contributed by atoms with Gasteiger partial charge in [-0.05, 0) is 31.7 Å². The van der Waals surface area contributed by atoms with E-state index < -0.39 is 0 Å². The molecule has 7 heteroatoms. The van der Waals surface area contributed by atoms with Gasteiger partial charge < -0.3 is 14.2 Å². The fourth-order valence-electron chi connectivity index (χ4n) is 2.93. The molecule has 3 rings (SSSR count). The second-order valence-corrected chi connectivity index (χ2v) is 7.88. The molecule has 1 saturated heterocycles. The lowest BCUT2D eigenvalue weighted by molar-refractivity contribution is 0.0648.